The number of hydrogen-bond donors (Lipinski definition) is 0. The lowest BCUT2D eigenvalue weighted by molar-refractivity contribution is -0.145. The topological polar surface area (TPSA) is 71.7 Å². The van der Waals surface area contributed by atoms with Gasteiger partial charge in [0.05, 0.1) is 17.5 Å². The molecule has 0 saturated heterocycles. The summed E-state index contributed by atoms with van der Waals surface area (Å²) in [5.74, 6) is 0.985. The van der Waals surface area contributed by atoms with Crippen molar-refractivity contribution in [2.45, 2.75) is 19.6 Å². The lowest BCUT2D eigenvalue weighted by atomic mass is 10.2. The van der Waals surface area contributed by atoms with Crippen molar-refractivity contribution in [2.24, 2.45) is 7.05 Å². The lowest BCUT2D eigenvalue weighted by Crippen LogP contribution is -2.23. The van der Waals surface area contributed by atoms with Crippen molar-refractivity contribution in [3.8, 4) is 11.5 Å². The second-order valence-corrected chi connectivity index (χ2v) is 6.08. The predicted octanol–water partition coefficient (Wildman–Crippen LogP) is 2.20. The van der Waals surface area contributed by atoms with Gasteiger partial charge in [0.25, 0.3) is 0 Å². The summed E-state index contributed by atoms with van der Waals surface area (Å²) in [7, 11) is 1.72. The van der Waals surface area contributed by atoms with Crippen LogP contribution in [0.3, 0.4) is 0 Å². The van der Waals surface area contributed by atoms with Crippen LogP contribution >= 0.6 is 0 Å². The Labute approximate surface area is 149 Å². The van der Waals surface area contributed by atoms with E-state index in [0.29, 0.717) is 11.5 Å². The quantitative estimate of drug-likeness (QED) is 0.657. The largest absolute Gasteiger partial charge is 0.461 e. The van der Waals surface area contributed by atoms with Crippen molar-refractivity contribution < 1.29 is 19.0 Å². The Bertz CT molecular complexity index is 1030. The van der Waals surface area contributed by atoms with Crippen LogP contribution in [0, 0.1) is 0 Å². The van der Waals surface area contributed by atoms with Crippen molar-refractivity contribution >= 4 is 17.0 Å². The number of imidazole rings is 1. The standard InChI is InChI=1S/C19H18N2O5/c1-20-14-4-2-3-5-15(14)21(19(20)23)9-8-18(22)24-11-13-6-7-16-17(10-13)26-12-25-16/h2-7,10H,8-9,11-12H2,1H3. The molecule has 0 radical (unpaired) electrons. The van der Waals surface area contributed by atoms with Gasteiger partial charge in [-0.3, -0.25) is 13.9 Å². The molecule has 0 N–H and O–H groups in total. The predicted molar refractivity (Wildman–Crippen MR) is 94.2 cm³/mol. The van der Waals surface area contributed by atoms with Crippen LogP contribution < -0.4 is 15.2 Å². The molecule has 7 heteroatoms. The van der Waals surface area contributed by atoms with Crippen LogP contribution in [0.4, 0.5) is 0 Å². The lowest BCUT2D eigenvalue weighted by Gasteiger charge is -2.07. The molecule has 0 bridgehead atoms. The first-order valence-corrected chi connectivity index (χ1v) is 8.32. The van der Waals surface area contributed by atoms with Gasteiger partial charge in [-0.05, 0) is 29.8 Å². The monoisotopic (exact) mass is 354 g/mol. The molecule has 0 aliphatic carbocycles. The van der Waals surface area contributed by atoms with E-state index in [1.54, 1.807) is 28.3 Å². The minimum Gasteiger partial charge on any atom is -0.461 e. The highest BCUT2D eigenvalue weighted by molar-refractivity contribution is 5.76. The van der Waals surface area contributed by atoms with Crippen LogP contribution in [0.1, 0.15) is 12.0 Å². The highest BCUT2D eigenvalue weighted by atomic mass is 16.7. The Morgan fingerprint density at radius 1 is 1.12 bits per heavy atom. The summed E-state index contributed by atoms with van der Waals surface area (Å²) >= 11 is 0. The van der Waals surface area contributed by atoms with E-state index in [1.165, 1.54) is 0 Å². The molecule has 3 aromatic rings. The molecule has 0 unspecified atom stereocenters. The zero-order chi connectivity index (χ0) is 18.1. The minimum atomic E-state index is -0.359. The molecule has 26 heavy (non-hydrogen) atoms. The smallest absolute Gasteiger partial charge is 0.328 e. The fourth-order valence-corrected chi connectivity index (χ4v) is 3.05. The number of ether oxygens (including phenoxy) is 3. The van der Waals surface area contributed by atoms with Gasteiger partial charge >= 0.3 is 11.7 Å². The van der Waals surface area contributed by atoms with Crippen molar-refractivity contribution in [2.75, 3.05) is 6.79 Å². The Morgan fingerprint density at radius 2 is 1.88 bits per heavy atom. The minimum absolute atomic E-state index is 0.123. The van der Waals surface area contributed by atoms with Crippen LogP contribution in [0.15, 0.2) is 47.3 Å². The molecular weight excluding hydrogens is 336 g/mol. The molecule has 4 rings (SSSR count). The van der Waals surface area contributed by atoms with Gasteiger partial charge in [-0.15, -0.1) is 0 Å². The maximum atomic E-state index is 12.3. The van der Waals surface area contributed by atoms with Crippen LogP contribution in [0.5, 0.6) is 11.5 Å². The SMILES string of the molecule is Cn1c(=O)n(CCC(=O)OCc2ccc3c(c2)OCO3)c2ccccc21. The Morgan fingerprint density at radius 3 is 2.73 bits per heavy atom. The third-order valence-corrected chi connectivity index (χ3v) is 4.43. The number of fused-ring (bicyclic) bond motifs is 2. The molecule has 134 valence electrons. The number of carbonyl (C=O) groups is 1. The molecular formula is C19H18N2O5. The fourth-order valence-electron chi connectivity index (χ4n) is 3.05. The molecule has 7 nitrogen and oxygen atoms in total. The van der Waals surface area contributed by atoms with Crippen LogP contribution in [0.25, 0.3) is 11.0 Å². The van der Waals surface area contributed by atoms with Gasteiger partial charge in [0, 0.05) is 13.6 Å². The van der Waals surface area contributed by atoms with E-state index in [-0.39, 0.29) is 38.0 Å². The zero-order valence-electron chi connectivity index (χ0n) is 14.3. The number of carbonyl (C=O) groups excluding carboxylic acids is 1. The Hall–Kier alpha value is -3.22. The van der Waals surface area contributed by atoms with Crippen LogP contribution in [-0.2, 0) is 29.7 Å². The fraction of sp³-hybridized carbons (Fsp3) is 0.263. The normalized spacial score (nSPS) is 12.5. The summed E-state index contributed by atoms with van der Waals surface area (Å²) in [5.41, 5.74) is 2.33. The van der Waals surface area contributed by atoms with E-state index in [2.05, 4.69) is 0 Å². The molecule has 2 aromatic carbocycles. The second-order valence-electron chi connectivity index (χ2n) is 6.08. The summed E-state index contributed by atoms with van der Waals surface area (Å²) in [6.07, 6.45) is 0.123. The first-order chi connectivity index (χ1) is 12.6. The molecule has 0 fully saturated rings. The number of aromatic nitrogens is 2. The number of hydrogen-bond acceptors (Lipinski definition) is 5. The first-order valence-electron chi connectivity index (χ1n) is 8.32. The van der Waals surface area contributed by atoms with Gasteiger partial charge in [0.2, 0.25) is 6.79 Å². The zero-order valence-corrected chi connectivity index (χ0v) is 14.3. The summed E-state index contributed by atoms with van der Waals surface area (Å²) in [5, 5.41) is 0. The van der Waals surface area contributed by atoms with E-state index in [4.69, 9.17) is 14.2 Å². The van der Waals surface area contributed by atoms with Gasteiger partial charge in [-0.2, -0.15) is 0 Å². The van der Waals surface area contributed by atoms with Gasteiger partial charge in [-0.1, -0.05) is 18.2 Å². The second kappa shape index (κ2) is 6.59. The number of benzene rings is 2. The molecule has 1 aliphatic heterocycles. The average Bonchev–Trinajstić information content (AvgIpc) is 3.22. The third kappa shape index (κ3) is 2.92. The summed E-state index contributed by atoms with van der Waals surface area (Å²) in [4.78, 5) is 24.4. The van der Waals surface area contributed by atoms with E-state index in [1.807, 2.05) is 30.3 Å². The van der Waals surface area contributed by atoms with E-state index in [0.717, 1.165) is 16.6 Å². The van der Waals surface area contributed by atoms with E-state index < -0.39 is 0 Å². The summed E-state index contributed by atoms with van der Waals surface area (Å²) in [6, 6.07) is 12.9. The van der Waals surface area contributed by atoms with Crippen molar-refractivity contribution in [1.29, 1.82) is 0 Å². The molecule has 0 spiro atoms. The number of para-hydroxylation sites is 2. The van der Waals surface area contributed by atoms with Gasteiger partial charge in [0.15, 0.2) is 11.5 Å². The third-order valence-electron chi connectivity index (χ3n) is 4.43. The van der Waals surface area contributed by atoms with Crippen LogP contribution in [0.2, 0.25) is 0 Å². The highest BCUT2D eigenvalue weighted by Gasteiger charge is 2.15. The van der Waals surface area contributed by atoms with Gasteiger partial charge in [0.1, 0.15) is 6.61 Å². The van der Waals surface area contributed by atoms with Crippen LogP contribution in [-0.4, -0.2) is 21.9 Å². The molecule has 1 aromatic heterocycles. The Balaban J connectivity index is 1.39. The summed E-state index contributed by atoms with van der Waals surface area (Å²) in [6.45, 7) is 0.637. The summed E-state index contributed by atoms with van der Waals surface area (Å²) < 4.78 is 19.0. The number of rotatable bonds is 5. The van der Waals surface area contributed by atoms with Crippen molar-refractivity contribution in [3.63, 3.8) is 0 Å². The van der Waals surface area contributed by atoms with Gasteiger partial charge < -0.3 is 14.2 Å². The molecule has 0 amide bonds. The average molecular weight is 354 g/mol. The number of aryl methyl sites for hydroxylation is 2. The molecule has 2 heterocycles. The molecule has 0 saturated carbocycles. The highest BCUT2D eigenvalue weighted by Crippen LogP contribution is 2.32. The number of nitrogens with zero attached hydrogens (tertiary/aromatic N) is 2. The van der Waals surface area contributed by atoms with Crippen molar-refractivity contribution in [1.82, 2.24) is 9.13 Å². The maximum absolute atomic E-state index is 12.3. The van der Waals surface area contributed by atoms with E-state index >= 15 is 0 Å². The first kappa shape index (κ1) is 16.3. The maximum Gasteiger partial charge on any atom is 0.328 e. The van der Waals surface area contributed by atoms with E-state index in [9.17, 15) is 9.59 Å². The molecule has 1 aliphatic rings. The van der Waals surface area contributed by atoms with Crippen molar-refractivity contribution in [3.05, 3.63) is 58.5 Å². The Kier molecular flexibility index (Phi) is 4.12. The van der Waals surface area contributed by atoms with Gasteiger partial charge in [-0.25, -0.2) is 4.79 Å². The number of esters is 1. The molecule has 0 atom stereocenters.